The third-order valence-electron chi connectivity index (χ3n) is 5.15. The van der Waals surface area contributed by atoms with E-state index in [-0.39, 0.29) is 17.2 Å². The first-order valence-corrected chi connectivity index (χ1v) is 9.86. The van der Waals surface area contributed by atoms with Crippen LogP contribution in [0.4, 0.5) is 5.69 Å². The van der Waals surface area contributed by atoms with Crippen LogP contribution in [0.2, 0.25) is 5.02 Å². The van der Waals surface area contributed by atoms with Gasteiger partial charge in [-0.15, -0.1) is 0 Å². The van der Waals surface area contributed by atoms with Crippen molar-refractivity contribution in [2.24, 2.45) is 4.99 Å². The van der Waals surface area contributed by atoms with E-state index in [2.05, 4.69) is 46.9 Å². The van der Waals surface area contributed by atoms with Gasteiger partial charge in [0.05, 0.1) is 0 Å². The van der Waals surface area contributed by atoms with E-state index in [1.807, 2.05) is 36.4 Å². The number of carbonyl (C=O) groups excluding carboxylic acids is 1. The smallest absolute Gasteiger partial charge is 0.225 e. The maximum atomic E-state index is 12.0. The number of para-hydroxylation sites is 1. The lowest BCUT2D eigenvalue weighted by Crippen LogP contribution is -2.45. The van der Waals surface area contributed by atoms with Gasteiger partial charge in [0.15, 0.2) is 5.96 Å². The van der Waals surface area contributed by atoms with E-state index >= 15 is 0 Å². The van der Waals surface area contributed by atoms with Crippen molar-refractivity contribution in [2.45, 2.75) is 31.6 Å². The Hall–Kier alpha value is -2.53. The minimum atomic E-state index is -0.111. The third-order valence-corrected chi connectivity index (χ3v) is 5.38. The van der Waals surface area contributed by atoms with Gasteiger partial charge in [0.25, 0.3) is 0 Å². The molecule has 0 radical (unpaired) electrons. The lowest BCUT2D eigenvalue weighted by Gasteiger charge is -2.29. The lowest BCUT2D eigenvalue weighted by molar-refractivity contribution is -0.116. The number of halogens is 1. The summed E-state index contributed by atoms with van der Waals surface area (Å²) in [6, 6.07) is 15.9. The molecule has 6 heteroatoms. The highest BCUT2D eigenvalue weighted by Gasteiger charge is 2.25. The number of rotatable bonds is 5. The number of aliphatic imine (C=N–C) groups is 1. The van der Waals surface area contributed by atoms with E-state index in [4.69, 9.17) is 11.6 Å². The van der Waals surface area contributed by atoms with Crippen LogP contribution in [-0.2, 0) is 10.2 Å². The normalized spacial score (nSPS) is 16.9. The summed E-state index contributed by atoms with van der Waals surface area (Å²) in [7, 11) is 1.75. The predicted octanol–water partition coefficient (Wildman–Crippen LogP) is 3.91. The van der Waals surface area contributed by atoms with Crippen molar-refractivity contribution in [3.8, 4) is 0 Å². The molecule has 1 unspecified atom stereocenters. The minimum Gasteiger partial charge on any atom is -0.356 e. The molecule has 1 atom stereocenters. The molecular weight excluding hydrogens is 372 g/mol. The van der Waals surface area contributed by atoms with Crippen LogP contribution in [0, 0.1) is 0 Å². The summed E-state index contributed by atoms with van der Waals surface area (Å²) in [5, 5.41) is 10.4. The predicted molar refractivity (Wildman–Crippen MR) is 116 cm³/mol. The Morgan fingerprint density at radius 3 is 2.75 bits per heavy atom. The molecule has 0 aromatic heterocycles. The molecule has 0 bridgehead atoms. The summed E-state index contributed by atoms with van der Waals surface area (Å²) >= 11 is 6.14. The second-order valence-electron chi connectivity index (χ2n) is 7.74. The topological polar surface area (TPSA) is 65.5 Å². The van der Waals surface area contributed by atoms with Crippen molar-refractivity contribution < 1.29 is 4.79 Å². The molecule has 1 amide bonds. The van der Waals surface area contributed by atoms with Crippen molar-refractivity contribution in [3.63, 3.8) is 0 Å². The van der Waals surface area contributed by atoms with Crippen molar-refractivity contribution in [1.82, 2.24) is 10.6 Å². The Labute approximate surface area is 171 Å². The minimum absolute atomic E-state index is 0.0514. The van der Waals surface area contributed by atoms with E-state index in [0.29, 0.717) is 19.5 Å². The number of amides is 1. The SMILES string of the molecule is CN=C(NCC1CC(=O)Nc2ccccc21)NCC(C)(C)c1cccc(Cl)c1. The van der Waals surface area contributed by atoms with Crippen LogP contribution in [0.5, 0.6) is 0 Å². The van der Waals surface area contributed by atoms with E-state index in [0.717, 1.165) is 22.2 Å². The van der Waals surface area contributed by atoms with Gasteiger partial charge in [0.1, 0.15) is 0 Å². The Kier molecular flexibility index (Phi) is 6.25. The van der Waals surface area contributed by atoms with Crippen LogP contribution in [0.25, 0.3) is 0 Å². The van der Waals surface area contributed by atoms with Gasteiger partial charge in [0.2, 0.25) is 5.91 Å². The molecule has 3 rings (SSSR count). The fraction of sp³-hybridized carbons (Fsp3) is 0.364. The first-order chi connectivity index (χ1) is 13.4. The van der Waals surface area contributed by atoms with E-state index in [1.54, 1.807) is 7.05 Å². The quantitative estimate of drug-likeness (QED) is 0.528. The first-order valence-electron chi connectivity index (χ1n) is 9.48. The maximum Gasteiger partial charge on any atom is 0.225 e. The molecule has 1 heterocycles. The third kappa shape index (κ3) is 4.84. The van der Waals surface area contributed by atoms with Gasteiger partial charge in [-0.25, -0.2) is 0 Å². The van der Waals surface area contributed by atoms with Crippen LogP contribution in [-0.4, -0.2) is 32.0 Å². The van der Waals surface area contributed by atoms with Crippen LogP contribution < -0.4 is 16.0 Å². The molecule has 0 saturated heterocycles. The molecule has 28 heavy (non-hydrogen) atoms. The van der Waals surface area contributed by atoms with E-state index in [9.17, 15) is 4.79 Å². The molecule has 148 valence electrons. The number of carbonyl (C=O) groups is 1. The van der Waals surface area contributed by atoms with Gasteiger partial charge in [-0.3, -0.25) is 9.79 Å². The molecular formula is C22H27ClN4O. The number of anilines is 1. The van der Waals surface area contributed by atoms with Crippen molar-refractivity contribution in [1.29, 1.82) is 0 Å². The van der Waals surface area contributed by atoms with Crippen LogP contribution in [0.15, 0.2) is 53.5 Å². The van der Waals surface area contributed by atoms with E-state index in [1.165, 1.54) is 5.56 Å². The number of nitrogens with one attached hydrogen (secondary N) is 3. The molecule has 0 fully saturated rings. The highest BCUT2D eigenvalue weighted by molar-refractivity contribution is 6.30. The summed E-state index contributed by atoms with van der Waals surface area (Å²) in [5.74, 6) is 0.888. The Morgan fingerprint density at radius 1 is 1.21 bits per heavy atom. The Balaban J connectivity index is 1.60. The maximum absolute atomic E-state index is 12.0. The van der Waals surface area contributed by atoms with Crippen LogP contribution in [0.1, 0.15) is 37.3 Å². The summed E-state index contributed by atoms with van der Waals surface area (Å²) in [6.07, 6.45) is 0.467. The van der Waals surface area contributed by atoms with E-state index < -0.39 is 0 Å². The van der Waals surface area contributed by atoms with Gasteiger partial charge < -0.3 is 16.0 Å². The van der Waals surface area contributed by atoms with Crippen molar-refractivity contribution in [2.75, 3.05) is 25.5 Å². The number of guanidine groups is 1. The number of nitrogens with zero attached hydrogens (tertiary/aromatic N) is 1. The second kappa shape index (κ2) is 8.65. The van der Waals surface area contributed by atoms with Gasteiger partial charge in [-0.1, -0.05) is 55.8 Å². The number of hydrogen-bond donors (Lipinski definition) is 3. The zero-order chi connectivity index (χ0) is 20.1. The molecule has 1 aliphatic rings. The van der Waals surface area contributed by atoms with Crippen molar-refractivity contribution >= 4 is 29.2 Å². The number of benzene rings is 2. The molecule has 2 aromatic rings. The molecule has 2 aromatic carbocycles. The van der Waals surface area contributed by atoms with Crippen molar-refractivity contribution in [3.05, 3.63) is 64.7 Å². The summed E-state index contributed by atoms with van der Waals surface area (Å²) in [4.78, 5) is 16.3. The molecule has 0 saturated carbocycles. The van der Waals surface area contributed by atoms with Gasteiger partial charge in [-0.2, -0.15) is 0 Å². The number of hydrogen-bond acceptors (Lipinski definition) is 2. The average Bonchev–Trinajstić information content (AvgIpc) is 2.67. The lowest BCUT2D eigenvalue weighted by atomic mass is 9.84. The monoisotopic (exact) mass is 398 g/mol. The fourth-order valence-electron chi connectivity index (χ4n) is 3.44. The zero-order valence-corrected chi connectivity index (χ0v) is 17.3. The van der Waals surface area contributed by atoms with Crippen LogP contribution in [0.3, 0.4) is 0 Å². The Morgan fingerprint density at radius 2 is 2.00 bits per heavy atom. The standard InChI is InChI=1S/C22H27ClN4O/c1-22(2,16-7-6-8-17(23)12-16)14-26-21(24-3)25-13-15-11-20(28)27-19-10-5-4-9-18(15)19/h4-10,12,15H,11,13-14H2,1-3H3,(H,27,28)(H2,24,25,26). The fourth-order valence-corrected chi connectivity index (χ4v) is 3.63. The number of fused-ring (bicyclic) bond motifs is 1. The molecule has 3 N–H and O–H groups in total. The summed E-state index contributed by atoms with van der Waals surface area (Å²) < 4.78 is 0. The summed E-state index contributed by atoms with van der Waals surface area (Å²) in [5.41, 5.74) is 3.11. The van der Waals surface area contributed by atoms with Gasteiger partial charge >= 0.3 is 0 Å². The summed E-state index contributed by atoms with van der Waals surface area (Å²) in [6.45, 7) is 5.68. The Bertz CT molecular complexity index is 878. The highest BCUT2D eigenvalue weighted by atomic mass is 35.5. The molecule has 0 spiro atoms. The zero-order valence-electron chi connectivity index (χ0n) is 16.6. The average molecular weight is 399 g/mol. The van der Waals surface area contributed by atoms with Gasteiger partial charge in [0, 0.05) is 48.6 Å². The highest BCUT2D eigenvalue weighted by Crippen LogP contribution is 2.31. The van der Waals surface area contributed by atoms with Gasteiger partial charge in [-0.05, 0) is 29.3 Å². The largest absolute Gasteiger partial charge is 0.356 e. The molecule has 1 aliphatic heterocycles. The second-order valence-corrected chi connectivity index (χ2v) is 8.17. The molecule has 0 aliphatic carbocycles. The van der Waals surface area contributed by atoms with Crippen LogP contribution >= 0.6 is 11.6 Å². The first kappa shape index (κ1) is 20.2. The molecule has 5 nitrogen and oxygen atoms in total.